The summed E-state index contributed by atoms with van der Waals surface area (Å²) in [5, 5.41) is 13.0. The van der Waals surface area contributed by atoms with Crippen LogP contribution >= 0.6 is 11.6 Å². The quantitative estimate of drug-likeness (QED) is 0.681. The van der Waals surface area contributed by atoms with Crippen molar-refractivity contribution >= 4 is 17.5 Å². The van der Waals surface area contributed by atoms with Gasteiger partial charge >= 0.3 is 0 Å². The summed E-state index contributed by atoms with van der Waals surface area (Å²) < 4.78 is 11.4. The molecule has 0 aromatic heterocycles. The minimum absolute atomic E-state index is 0.0886. The Morgan fingerprint density at radius 2 is 1.96 bits per heavy atom. The Morgan fingerprint density at radius 3 is 2.60 bits per heavy atom. The molecule has 0 heterocycles. The van der Waals surface area contributed by atoms with E-state index in [-0.39, 0.29) is 18.1 Å². The van der Waals surface area contributed by atoms with Crippen LogP contribution in [0.5, 0.6) is 11.5 Å². The summed E-state index contributed by atoms with van der Waals surface area (Å²) in [6.07, 6.45) is 4.73. The van der Waals surface area contributed by atoms with E-state index in [0.717, 1.165) is 38.5 Å². The molecule has 0 radical (unpaired) electrons. The minimum atomic E-state index is -0.244. The van der Waals surface area contributed by atoms with Crippen LogP contribution in [-0.2, 0) is 0 Å². The number of hydrogen-bond acceptors (Lipinski definition) is 4. The van der Waals surface area contributed by atoms with Crippen LogP contribution in [0.15, 0.2) is 12.1 Å². The largest absolute Gasteiger partial charge is 0.490 e. The van der Waals surface area contributed by atoms with Gasteiger partial charge in [-0.2, -0.15) is 0 Å². The molecule has 140 valence electrons. The Morgan fingerprint density at radius 1 is 1.24 bits per heavy atom. The molecule has 0 saturated heterocycles. The molecule has 0 aliphatic heterocycles. The number of halogens is 1. The van der Waals surface area contributed by atoms with E-state index in [1.807, 2.05) is 6.92 Å². The van der Waals surface area contributed by atoms with Crippen LogP contribution in [-0.4, -0.2) is 36.4 Å². The molecule has 2 N–H and O–H groups in total. The smallest absolute Gasteiger partial charge is 0.251 e. The van der Waals surface area contributed by atoms with E-state index in [0.29, 0.717) is 35.3 Å². The number of aliphatic hydroxyl groups is 1. The number of amides is 1. The van der Waals surface area contributed by atoms with Gasteiger partial charge in [-0.3, -0.25) is 4.79 Å². The van der Waals surface area contributed by atoms with E-state index in [1.54, 1.807) is 12.1 Å². The first kappa shape index (κ1) is 19.9. The van der Waals surface area contributed by atoms with Crippen molar-refractivity contribution in [1.29, 1.82) is 0 Å². The lowest BCUT2D eigenvalue weighted by Gasteiger charge is -2.26. The van der Waals surface area contributed by atoms with Gasteiger partial charge in [-0.05, 0) is 51.2 Å². The van der Waals surface area contributed by atoms with Gasteiger partial charge in [0.05, 0.1) is 24.3 Å². The second kappa shape index (κ2) is 9.88. The zero-order valence-electron chi connectivity index (χ0n) is 15.0. The van der Waals surface area contributed by atoms with Crippen molar-refractivity contribution in [2.75, 3.05) is 13.2 Å². The maximum absolute atomic E-state index is 12.5. The highest BCUT2D eigenvalue weighted by Crippen LogP contribution is 2.37. The standard InChI is InChI=1S/C19H28ClNO4/c1-3-5-10-25-18-16(20)11-13(12-17(18)24-4-2)19(23)21-14-6-8-15(22)9-7-14/h11-12,14-15,22H,3-10H2,1-2H3,(H,21,23). The van der Waals surface area contributed by atoms with Gasteiger partial charge in [0.25, 0.3) is 5.91 Å². The van der Waals surface area contributed by atoms with Crippen molar-refractivity contribution in [3.05, 3.63) is 22.7 Å². The van der Waals surface area contributed by atoms with Gasteiger partial charge in [-0.1, -0.05) is 24.9 Å². The first-order chi connectivity index (χ1) is 12.0. The van der Waals surface area contributed by atoms with Crippen molar-refractivity contribution in [2.24, 2.45) is 0 Å². The Bertz CT molecular complexity index is 571. The molecule has 0 unspecified atom stereocenters. The monoisotopic (exact) mass is 369 g/mol. The molecule has 2 rings (SSSR count). The summed E-state index contributed by atoms with van der Waals surface area (Å²) in [5.41, 5.74) is 0.461. The molecule has 5 nitrogen and oxygen atoms in total. The van der Waals surface area contributed by atoms with Gasteiger partial charge < -0.3 is 19.9 Å². The van der Waals surface area contributed by atoms with Crippen molar-refractivity contribution < 1.29 is 19.4 Å². The molecule has 0 spiro atoms. The summed E-state index contributed by atoms with van der Waals surface area (Å²) in [4.78, 5) is 12.5. The highest BCUT2D eigenvalue weighted by Gasteiger charge is 2.22. The van der Waals surface area contributed by atoms with Crippen LogP contribution in [0.25, 0.3) is 0 Å². The maximum atomic E-state index is 12.5. The zero-order chi connectivity index (χ0) is 18.2. The zero-order valence-corrected chi connectivity index (χ0v) is 15.8. The second-order valence-corrected chi connectivity index (χ2v) is 6.81. The maximum Gasteiger partial charge on any atom is 0.251 e. The number of benzene rings is 1. The Hall–Kier alpha value is -1.46. The summed E-state index contributed by atoms with van der Waals surface area (Å²) in [6.45, 7) is 4.99. The van der Waals surface area contributed by atoms with Crippen LogP contribution in [0, 0.1) is 0 Å². The Labute approximate surface area is 154 Å². The average molecular weight is 370 g/mol. The Kier molecular flexibility index (Phi) is 7.85. The number of unbranched alkanes of at least 4 members (excludes halogenated alkanes) is 1. The van der Waals surface area contributed by atoms with Gasteiger partial charge in [0.15, 0.2) is 11.5 Å². The number of carbonyl (C=O) groups is 1. The molecule has 1 fully saturated rings. The van der Waals surface area contributed by atoms with Crippen molar-refractivity contribution in [1.82, 2.24) is 5.32 Å². The van der Waals surface area contributed by atoms with E-state index in [4.69, 9.17) is 21.1 Å². The molecule has 1 saturated carbocycles. The lowest BCUT2D eigenvalue weighted by molar-refractivity contribution is 0.0867. The van der Waals surface area contributed by atoms with Gasteiger partial charge in [0.1, 0.15) is 0 Å². The van der Waals surface area contributed by atoms with E-state index >= 15 is 0 Å². The summed E-state index contributed by atoms with van der Waals surface area (Å²) >= 11 is 6.34. The number of aliphatic hydroxyl groups excluding tert-OH is 1. The third kappa shape index (κ3) is 5.79. The Balaban J connectivity index is 2.10. The lowest BCUT2D eigenvalue weighted by atomic mass is 9.93. The highest BCUT2D eigenvalue weighted by molar-refractivity contribution is 6.32. The van der Waals surface area contributed by atoms with Gasteiger partial charge in [-0.15, -0.1) is 0 Å². The first-order valence-corrected chi connectivity index (χ1v) is 9.51. The summed E-state index contributed by atoms with van der Waals surface area (Å²) in [7, 11) is 0. The van der Waals surface area contributed by atoms with Crippen molar-refractivity contribution in [3.8, 4) is 11.5 Å². The predicted octanol–water partition coefficient (Wildman–Crippen LogP) is 3.95. The molecule has 1 aromatic rings. The minimum Gasteiger partial charge on any atom is -0.490 e. The second-order valence-electron chi connectivity index (χ2n) is 6.40. The molecule has 1 aliphatic rings. The van der Waals surface area contributed by atoms with E-state index in [1.165, 1.54) is 0 Å². The number of rotatable bonds is 8. The van der Waals surface area contributed by atoms with Crippen molar-refractivity contribution in [3.63, 3.8) is 0 Å². The molecule has 0 atom stereocenters. The van der Waals surface area contributed by atoms with E-state index in [9.17, 15) is 9.90 Å². The normalized spacial score (nSPS) is 20.2. The predicted molar refractivity (Wildman–Crippen MR) is 98.8 cm³/mol. The topological polar surface area (TPSA) is 67.8 Å². The molecule has 1 aliphatic carbocycles. The van der Waals surface area contributed by atoms with Crippen LogP contribution in [0.1, 0.15) is 62.7 Å². The molecule has 0 bridgehead atoms. The highest BCUT2D eigenvalue weighted by atomic mass is 35.5. The number of carbonyl (C=O) groups excluding carboxylic acids is 1. The molecular weight excluding hydrogens is 342 g/mol. The van der Waals surface area contributed by atoms with Crippen LogP contribution in [0.3, 0.4) is 0 Å². The van der Waals surface area contributed by atoms with E-state index in [2.05, 4.69) is 12.2 Å². The van der Waals surface area contributed by atoms with Gasteiger partial charge in [0, 0.05) is 11.6 Å². The fraction of sp³-hybridized carbons (Fsp3) is 0.632. The first-order valence-electron chi connectivity index (χ1n) is 9.13. The summed E-state index contributed by atoms with van der Waals surface area (Å²) in [6, 6.07) is 3.40. The SMILES string of the molecule is CCCCOc1c(Cl)cc(C(=O)NC2CCC(O)CC2)cc1OCC. The van der Waals surface area contributed by atoms with Crippen LogP contribution < -0.4 is 14.8 Å². The van der Waals surface area contributed by atoms with Crippen LogP contribution in [0.2, 0.25) is 5.02 Å². The molecule has 1 aromatic carbocycles. The number of nitrogens with one attached hydrogen (secondary N) is 1. The molecule has 1 amide bonds. The molecular formula is C19H28ClNO4. The fourth-order valence-corrected chi connectivity index (χ4v) is 3.17. The van der Waals surface area contributed by atoms with Gasteiger partial charge in [-0.25, -0.2) is 0 Å². The third-order valence-corrected chi connectivity index (χ3v) is 4.63. The molecule has 6 heteroatoms. The van der Waals surface area contributed by atoms with E-state index < -0.39 is 0 Å². The van der Waals surface area contributed by atoms with Crippen molar-refractivity contribution in [2.45, 2.75) is 64.5 Å². The number of hydrogen-bond donors (Lipinski definition) is 2. The van der Waals surface area contributed by atoms with Gasteiger partial charge in [0.2, 0.25) is 0 Å². The summed E-state index contributed by atoms with van der Waals surface area (Å²) in [5.74, 6) is 0.814. The fourth-order valence-electron chi connectivity index (χ4n) is 2.91. The third-order valence-electron chi connectivity index (χ3n) is 4.35. The lowest BCUT2D eigenvalue weighted by Crippen LogP contribution is -2.38. The number of ether oxygens (including phenoxy) is 2. The molecule has 25 heavy (non-hydrogen) atoms. The van der Waals surface area contributed by atoms with Crippen LogP contribution in [0.4, 0.5) is 0 Å². The average Bonchev–Trinajstić information content (AvgIpc) is 2.59.